The second kappa shape index (κ2) is 5.27. The topological polar surface area (TPSA) is 66.0 Å². The molecule has 3 aromatic rings. The van der Waals surface area contributed by atoms with Crippen LogP contribution in [0.3, 0.4) is 0 Å². The number of nitrogens with one attached hydrogen (secondary N) is 1. The number of H-pyrrole nitrogens is 1. The number of carbonyl (C=O) groups is 1. The quantitative estimate of drug-likeness (QED) is 0.716. The van der Waals surface area contributed by atoms with Gasteiger partial charge in [0, 0.05) is 10.9 Å². The molecule has 4 nitrogen and oxygen atoms in total. The first kappa shape index (κ1) is 15.4. The zero-order chi connectivity index (χ0) is 16.8. The Hall–Kier alpha value is -2.54. The van der Waals surface area contributed by atoms with Gasteiger partial charge in [-0.1, -0.05) is 11.6 Å². The van der Waals surface area contributed by atoms with E-state index in [9.17, 15) is 18.0 Å². The number of rotatable bonds is 2. The van der Waals surface area contributed by atoms with Crippen molar-refractivity contribution in [2.45, 2.75) is 6.18 Å². The molecule has 23 heavy (non-hydrogen) atoms. The molecule has 0 aliphatic rings. The van der Waals surface area contributed by atoms with Crippen LogP contribution in [0, 0.1) is 0 Å². The van der Waals surface area contributed by atoms with Gasteiger partial charge >= 0.3 is 12.1 Å². The molecule has 1 aromatic heterocycles. The lowest BCUT2D eigenvalue weighted by atomic mass is 10.0. The normalized spacial score (nSPS) is 11.8. The van der Waals surface area contributed by atoms with E-state index >= 15 is 0 Å². The van der Waals surface area contributed by atoms with E-state index in [0.29, 0.717) is 10.9 Å². The van der Waals surface area contributed by atoms with Crippen LogP contribution in [-0.4, -0.2) is 21.3 Å². The first-order chi connectivity index (χ1) is 10.8. The molecule has 0 bridgehead atoms. The Morgan fingerprint density at radius 3 is 2.57 bits per heavy atom. The van der Waals surface area contributed by atoms with Gasteiger partial charge in [0.05, 0.1) is 21.7 Å². The summed E-state index contributed by atoms with van der Waals surface area (Å²) >= 11 is 6.00. The zero-order valence-electron chi connectivity index (χ0n) is 11.3. The number of fused-ring (bicyclic) bond motifs is 1. The number of halogens is 4. The molecule has 118 valence electrons. The highest BCUT2D eigenvalue weighted by molar-refractivity contribution is 6.33. The van der Waals surface area contributed by atoms with E-state index in [4.69, 9.17) is 16.7 Å². The minimum absolute atomic E-state index is 0.0443. The predicted octanol–water partition coefficient (Wildman–Crippen LogP) is 4.60. The summed E-state index contributed by atoms with van der Waals surface area (Å²) in [5.74, 6) is -1.11. The molecule has 0 amide bonds. The Labute approximate surface area is 132 Å². The highest BCUT2D eigenvalue weighted by Gasteiger charge is 2.31. The summed E-state index contributed by atoms with van der Waals surface area (Å²) in [5, 5.41) is 16.2. The predicted molar refractivity (Wildman–Crippen MR) is 78.5 cm³/mol. The molecular formula is C15H8ClF3N2O2. The molecule has 2 N–H and O–H groups in total. The van der Waals surface area contributed by atoms with Crippen LogP contribution in [-0.2, 0) is 6.18 Å². The Morgan fingerprint density at radius 1 is 1.17 bits per heavy atom. The number of carboxylic acid groups (broad SMARTS) is 1. The highest BCUT2D eigenvalue weighted by atomic mass is 35.5. The Morgan fingerprint density at radius 2 is 1.91 bits per heavy atom. The first-order valence-corrected chi connectivity index (χ1v) is 6.73. The van der Waals surface area contributed by atoms with E-state index in [0.717, 1.165) is 18.2 Å². The average Bonchev–Trinajstić information content (AvgIpc) is 2.89. The summed E-state index contributed by atoms with van der Waals surface area (Å²) in [7, 11) is 0. The molecular weight excluding hydrogens is 333 g/mol. The molecule has 0 saturated carbocycles. The van der Waals surface area contributed by atoms with Gasteiger partial charge in [-0.3, -0.25) is 5.10 Å². The van der Waals surface area contributed by atoms with Crippen molar-refractivity contribution < 1.29 is 23.1 Å². The van der Waals surface area contributed by atoms with Crippen LogP contribution in [0.1, 0.15) is 15.9 Å². The number of nitrogens with zero attached hydrogens (tertiary/aromatic N) is 1. The Kier molecular flexibility index (Phi) is 3.52. The number of carboxylic acids is 1. The van der Waals surface area contributed by atoms with Crippen molar-refractivity contribution >= 4 is 28.5 Å². The van der Waals surface area contributed by atoms with Crippen molar-refractivity contribution in [3.05, 3.63) is 52.5 Å². The highest BCUT2D eigenvalue weighted by Crippen LogP contribution is 2.37. The number of alkyl halides is 3. The van der Waals surface area contributed by atoms with Crippen molar-refractivity contribution in [2.24, 2.45) is 0 Å². The number of benzene rings is 2. The molecule has 0 aliphatic heterocycles. The minimum atomic E-state index is -4.50. The maximum absolute atomic E-state index is 12.9. The van der Waals surface area contributed by atoms with Crippen LogP contribution < -0.4 is 0 Å². The van der Waals surface area contributed by atoms with Gasteiger partial charge in [-0.05, 0) is 36.4 Å². The van der Waals surface area contributed by atoms with Crippen LogP contribution in [0.15, 0.2) is 36.4 Å². The third-order valence-corrected chi connectivity index (χ3v) is 3.69. The summed E-state index contributed by atoms with van der Waals surface area (Å²) < 4.78 is 38.6. The van der Waals surface area contributed by atoms with Crippen LogP contribution >= 0.6 is 11.6 Å². The third-order valence-electron chi connectivity index (χ3n) is 3.36. The molecule has 3 rings (SSSR count). The fourth-order valence-electron chi connectivity index (χ4n) is 2.24. The van der Waals surface area contributed by atoms with Crippen LogP contribution in [0.25, 0.3) is 22.2 Å². The van der Waals surface area contributed by atoms with Crippen LogP contribution in [0.2, 0.25) is 5.02 Å². The van der Waals surface area contributed by atoms with Crippen LogP contribution in [0.5, 0.6) is 0 Å². The van der Waals surface area contributed by atoms with Gasteiger partial charge in [0.25, 0.3) is 0 Å². The second-order valence-corrected chi connectivity index (χ2v) is 5.24. The van der Waals surface area contributed by atoms with E-state index < -0.39 is 17.7 Å². The lowest BCUT2D eigenvalue weighted by molar-refractivity contribution is -0.137. The SMILES string of the molecule is O=C(O)c1ccc2c(-c3cc(C(F)(F)F)ccc3Cl)n[nH]c2c1. The summed E-state index contributed by atoms with van der Waals surface area (Å²) in [5.41, 5.74) is -0.0460. The van der Waals surface area contributed by atoms with Gasteiger partial charge in [-0.2, -0.15) is 18.3 Å². The van der Waals surface area contributed by atoms with E-state index in [1.165, 1.54) is 18.2 Å². The van der Waals surface area contributed by atoms with Crippen molar-refractivity contribution in [1.29, 1.82) is 0 Å². The number of aromatic nitrogens is 2. The van der Waals surface area contributed by atoms with E-state index in [2.05, 4.69) is 10.2 Å². The largest absolute Gasteiger partial charge is 0.478 e. The summed E-state index contributed by atoms with van der Waals surface area (Å²) in [6.07, 6.45) is -4.50. The van der Waals surface area contributed by atoms with Gasteiger partial charge in [-0.25, -0.2) is 4.79 Å². The number of aromatic amines is 1. The fraction of sp³-hybridized carbons (Fsp3) is 0.0667. The molecule has 0 unspecified atom stereocenters. The molecule has 2 aromatic carbocycles. The number of hydrogen-bond donors (Lipinski definition) is 2. The van der Waals surface area contributed by atoms with Gasteiger partial charge < -0.3 is 5.11 Å². The minimum Gasteiger partial charge on any atom is -0.478 e. The van der Waals surface area contributed by atoms with Gasteiger partial charge in [0.1, 0.15) is 5.69 Å². The molecule has 0 fully saturated rings. The fourth-order valence-corrected chi connectivity index (χ4v) is 2.45. The van der Waals surface area contributed by atoms with Crippen molar-refractivity contribution in [3.8, 4) is 11.3 Å². The van der Waals surface area contributed by atoms with Crippen molar-refractivity contribution in [2.75, 3.05) is 0 Å². The van der Waals surface area contributed by atoms with Gasteiger partial charge in [0.2, 0.25) is 0 Å². The third kappa shape index (κ3) is 2.75. The standard InChI is InChI=1S/C15H8ClF3N2O2/c16-11-4-2-8(15(17,18)19)6-10(11)13-9-3-1-7(14(22)23)5-12(9)20-21-13/h1-6H,(H,20,21)(H,22,23). The second-order valence-electron chi connectivity index (χ2n) is 4.83. The molecule has 0 radical (unpaired) electrons. The lowest BCUT2D eigenvalue weighted by Gasteiger charge is -2.09. The average molecular weight is 341 g/mol. The Bertz CT molecular complexity index is 919. The van der Waals surface area contributed by atoms with Gasteiger partial charge in [0.15, 0.2) is 0 Å². The van der Waals surface area contributed by atoms with Crippen molar-refractivity contribution in [1.82, 2.24) is 10.2 Å². The van der Waals surface area contributed by atoms with E-state index in [1.54, 1.807) is 0 Å². The molecule has 0 saturated heterocycles. The van der Waals surface area contributed by atoms with Gasteiger partial charge in [-0.15, -0.1) is 0 Å². The molecule has 0 atom stereocenters. The van der Waals surface area contributed by atoms with Crippen molar-refractivity contribution in [3.63, 3.8) is 0 Å². The summed E-state index contributed by atoms with van der Waals surface area (Å²) in [4.78, 5) is 11.0. The Balaban J connectivity index is 2.19. The van der Waals surface area contributed by atoms with E-state index in [-0.39, 0.29) is 21.8 Å². The first-order valence-electron chi connectivity index (χ1n) is 6.36. The molecule has 0 aliphatic carbocycles. The van der Waals surface area contributed by atoms with E-state index in [1.807, 2.05) is 0 Å². The maximum Gasteiger partial charge on any atom is 0.416 e. The molecule has 8 heteroatoms. The zero-order valence-corrected chi connectivity index (χ0v) is 12.0. The molecule has 0 spiro atoms. The monoisotopic (exact) mass is 340 g/mol. The maximum atomic E-state index is 12.9. The summed E-state index contributed by atoms with van der Waals surface area (Å²) in [6.45, 7) is 0. The summed E-state index contributed by atoms with van der Waals surface area (Å²) in [6, 6.07) is 7.16. The molecule has 1 heterocycles. The van der Waals surface area contributed by atoms with Crippen LogP contribution in [0.4, 0.5) is 13.2 Å². The lowest BCUT2D eigenvalue weighted by Crippen LogP contribution is -2.04. The number of hydrogen-bond acceptors (Lipinski definition) is 2. The number of aromatic carboxylic acids is 1. The smallest absolute Gasteiger partial charge is 0.416 e.